The Hall–Kier alpha value is -1.12. The zero-order valence-electron chi connectivity index (χ0n) is 12.0. The molecular weight excluding hydrogens is 326 g/mol. The molecule has 0 spiro atoms. The Morgan fingerprint density at radius 1 is 1.43 bits per heavy atom. The Morgan fingerprint density at radius 3 is 2.95 bits per heavy atom. The molecule has 0 fully saturated rings. The van der Waals surface area contributed by atoms with Crippen molar-refractivity contribution in [3.05, 3.63) is 22.8 Å². The number of carbonyl (C=O) groups is 1. The molecular formula is C13H15N3O2S3. The lowest BCUT2D eigenvalue weighted by atomic mass is 10.3. The summed E-state index contributed by atoms with van der Waals surface area (Å²) in [5.74, 6) is -0.215. The molecule has 0 amide bonds. The standard InChI is InChI=1S/C13H15N3O2S3/c1-4-18-11(17)7-9-8(2)15-13(20-9)21-10-5-6-14-12(16-10)19-3/h5-6H,4,7H2,1-3H3. The normalized spacial score (nSPS) is 10.6. The second kappa shape index (κ2) is 7.77. The number of esters is 1. The van der Waals surface area contributed by atoms with Crippen LogP contribution in [0.5, 0.6) is 0 Å². The molecule has 0 atom stereocenters. The molecule has 0 aliphatic rings. The van der Waals surface area contributed by atoms with E-state index < -0.39 is 0 Å². The van der Waals surface area contributed by atoms with Gasteiger partial charge in [0.25, 0.3) is 0 Å². The van der Waals surface area contributed by atoms with Gasteiger partial charge >= 0.3 is 5.97 Å². The summed E-state index contributed by atoms with van der Waals surface area (Å²) >= 11 is 4.49. The highest BCUT2D eigenvalue weighted by Gasteiger charge is 2.14. The maximum Gasteiger partial charge on any atom is 0.311 e. The quantitative estimate of drug-likeness (QED) is 0.346. The zero-order chi connectivity index (χ0) is 15.2. The summed E-state index contributed by atoms with van der Waals surface area (Å²) in [7, 11) is 0. The molecule has 0 aliphatic heterocycles. The van der Waals surface area contributed by atoms with Crippen LogP contribution in [-0.2, 0) is 16.0 Å². The average molecular weight is 341 g/mol. The van der Waals surface area contributed by atoms with Gasteiger partial charge in [0.2, 0.25) is 0 Å². The number of thioether (sulfide) groups is 1. The number of ether oxygens (including phenoxy) is 1. The number of aromatic nitrogens is 3. The minimum absolute atomic E-state index is 0.215. The Bertz CT molecular complexity index is 631. The fourth-order valence-electron chi connectivity index (χ4n) is 1.52. The lowest BCUT2D eigenvalue weighted by Gasteiger charge is -1.99. The number of carbonyl (C=O) groups excluding carboxylic acids is 1. The zero-order valence-corrected chi connectivity index (χ0v) is 14.4. The smallest absolute Gasteiger partial charge is 0.311 e. The van der Waals surface area contributed by atoms with Crippen molar-refractivity contribution >= 4 is 40.8 Å². The minimum Gasteiger partial charge on any atom is -0.466 e. The van der Waals surface area contributed by atoms with Crippen LogP contribution in [-0.4, -0.2) is 33.8 Å². The van der Waals surface area contributed by atoms with E-state index >= 15 is 0 Å². The van der Waals surface area contributed by atoms with Gasteiger partial charge in [-0.05, 0) is 37.9 Å². The van der Waals surface area contributed by atoms with E-state index in [1.165, 1.54) is 34.9 Å². The van der Waals surface area contributed by atoms with E-state index in [0.29, 0.717) is 6.61 Å². The van der Waals surface area contributed by atoms with Crippen molar-refractivity contribution in [2.24, 2.45) is 0 Å². The fourth-order valence-corrected chi connectivity index (χ4v) is 4.06. The number of hydrogen-bond acceptors (Lipinski definition) is 8. The third kappa shape index (κ3) is 4.69. The van der Waals surface area contributed by atoms with Crippen molar-refractivity contribution in [2.75, 3.05) is 12.9 Å². The first-order valence-corrected chi connectivity index (χ1v) is 9.15. The maximum absolute atomic E-state index is 11.5. The van der Waals surface area contributed by atoms with Gasteiger partial charge < -0.3 is 4.74 Å². The van der Waals surface area contributed by atoms with Gasteiger partial charge in [-0.1, -0.05) is 11.8 Å². The van der Waals surface area contributed by atoms with E-state index in [9.17, 15) is 4.79 Å². The molecule has 0 radical (unpaired) electrons. The molecule has 21 heavy (non-hydrogen) atoms. The van der Waals surface area contributed by atoms with Crippen molar-refractivity contribution < 1.29 is 9.53 Å². The number of thiazole rings is 1. The Morgan fingerprint density at radius 2 is 2.24 bits per heavy atom. The lowest BCUT2D eigenvalue weighted by Crippen LogP contribution is -2.07. The van der Waals surface area contributed by atoms with Crippen LogP contribution in [0.15, 0.2) is 26.8 Å². The molecule has 0 saturated carbocycles. The molecule has 2 aromatic rings. The topological polar surface area (TPSA) is 65.0 Å². The van der Waals surface area contributed by atoms with E-state index in [2.05, 4.69) is 15.0 Å². The van der Waals surface area contributed by atoms with Crippen LogP contribution in [0, 0.1) is 6.92 Å². The molecule has 5 nitrogen and oxygen atoms in total. The predicted octanol–water partition coefficient (Wildman–Crippen LogP) is 3.22. The van der Waals surface area contributed by atoms with Crippen LogP contribution in [0.2, 0.25) is 0 Å². The van der Waals surface area contributed by atoms with Gasteiger partial charge in [-0.2, -0.15) is 0 Å². The van der Waals surface area contributed by atoms with E-state index in [1.807, 2.05) is 19.2 Å². The number of nitrogens with zero attached hydrogens (tertiary/aromatic N) is 3. The molecule has 112 valence electrons. The molecule has 0 bridgehead atoms. The summed E-state index contributed by atoms with van der Waals surface area (Å²) in [6.07, 6.45) is 3.95. The Labute approximate surface area is 135 Å². The SMILES string of the molecule is CCOC(=O)Cc1sc(Sc2ccnc(SC)n2)nc1C. The van der Waals surface area contributed by atoms with Crippen LogP contribution in [0.25, 0.3) is 0 Å². The summed E-state index contributed by atoms with van der Waals surface area (Å²) < 4.78 is 5.84. The monoisotopic (exact) mass is 341 g/mol. The first-order valence-electron chi connectivity index (χ1n) is 6.29. The predicted molar refractivity (Wildman–Crippen MR) is 85.1 cm³/mol. The summed E-state index contributed by atoms with van der Waals surface area (Å²) in [6.45, 7) is 4.11. The van der Waals surface area contributed by atoms with Crippen molar-refractivity contribution in [3.8, 4) is 0 Å². The van der Waals surface area contributed by atoms with Crippen LogP contribution in [0.4, 0.5) is 0 Å². The molecule has 2 aromatic heterocycles. The van der Waals surface area contributed by atoms with E-state index in [1.54, 1.807) is 13.1 Å². The van der Waals surface area contributed by atoms with E-state index in [4.69, 9.17) is 4.74 Å². The van der Waals surface area contributed by atoms with Crippen molar-refractivity contribution in [1.82, 2.24) is 15.0 Å². The second-order valence-electron chi connectivity index (χ2n) is 3.95. The Kier molecular flexibility index (Phi) is 6.01. The van der Waals surface area contributed by atoms with E-state index in [-0.39, 0.29) is 12.4 Å². The van der Waals surface area contributed by atoms with Gasteiger partial charge in [-0.25, -0.2) is 15.0 Å². The minimum atomic E-state index is -0.215. The van der Waals surface area contributed by atoms with Gasteiger partial charge in [-0.3, -0.25) is 4.79 Å². The van der Waals surface area contributed by atoms with E-state index in [0.717, 1.165) is 25.1 Å². The number of rotatable bonds is 6. The summed E-state index contributed by atoms with van der Waals surface area (Å²) in [5.41, 5.74) is 0.870. The molecule has 0 aliphatic carbocycles. The molecule has 0 aromatic carbocycles. The highest BCUT2D eigenvalue weighted by atomic mass is 32.2. The molecule has 2 heterocycles. The van der Waals surface area contributed by atoms with Crippen LogP contribution in [0.1, 0.15) is 17.5 Å². The Balaban J connectivity index is 2.09. The van der Waals surface area contributed by atoms with Crippen molar-refractivity contribution in [1.29, 1.82) is 0 Å². The van der Waals surface area contributed by atoms with Gasteiger partial charge in [-0.15, -0.1) is 11.3 Å². The fraction of sp³-hybridized carbons (Fsp3) is 0.385. The first-order chi connectivity index (χ1) is 10.1. The summed E-state index contributed by atoms with van der Waals surface area (Å²) in [5, 5.41) is 1.59. The summed E-state index contributed by atoms with van der Waals surface area (Å²) in [4.78, 5) is 25.5. The summed E-state index contributed by atoms with van der Waals surface area (Å²) in [6, 6.07) is 1.85. The lowest BCUT2D eigenvalue weighted by molar-refractivity contribution is -0.142. The van der Waals surface area contributed by atoms with Gasteiger partial charge in [0.15, 0.2) is 9.50 Å². The van der Waals surface area contributed by atoms with Crippen molar-refractivity contribution in [3.63, 3.8) is 0 Å². The molecule has 0 unspecified atom stereocenters. The first kappa shape index (κ1) is 16.3. The third-order valence-electron chi connectivity index (χ3n) is 2.47. The largest absolute Gasteiger partial charge is 0.466 e. The maximum atomic E-state index is 11.5. The van der Waals surface area contributed by atoms with Crippen LogP contribution in [0.3, 0.4) is 0 Å². The number of hydrogen-bond donors (Lipinski definition) is 0. The molecule has 2 rings (SSSR count). The van der Waals surface area contributed by atoms with Gasteiger partial charge in [0.05, 0.1) is 18.7 Å². The van der Waals surface area contributed by atoms with Gasteiger partial charge in [0.1, 0.15) is 5.03 Å². The van der Waals surface area contributed by atoms with Gasteiger partial charge in [0, 0.05) is 11.1 Å². The van der Waals surface area contributed by atoms with Crippen LogP contribution >= 0.6 is 34.9 Å². The highest BCUT2D eigenvalue weighted by molar-refractivity contribution is 8.01. The third-order valence-corrected chi connectivity index (χ3v) is 5.18. The second-order valence-corrected chi connectivity index (χ2v) is 7.08. The average Bonchev–Trinajstić information content (AvgIpc) is 2.79. The van der Waals surface area contributed by atoms with Crippen molar-refractivity contribution in [2.45, 2.75) is 34.8 Å². The van der Waals surface area contributed by atoms with Crippen LogP contribution < -0.4 is 0 Å². The number of aryl methyl sites for hydroxylation is 1. The molecule has 0 saturated heterocycles. The molecule has 0 N–H and O–H groups in total. The molecule has 8 heteroatoms. The highest BCUT2D eigenvalue weighted by Crippen LogP contribution is 2.32.